The number of carbonyl (C=O) groups excluding carboxylic acids is 1. The molecule has 1 saturated carbocycles. The molecule has 108 valence electrons. The van der Waals surface area contributed by atoms with Gasteiger partial charge >= 0.3 is 0 Å². The zero-order chi connectivity index (χ0) is 13.9. The Balaban J connectivity index is 1.70. The summed E-state index contributed by atoms with van der Waals surface area (Å²) >= 11 is 1.84. The maximum Gasteiger partial charge on any atom is 0.241 e. The second-order valence-electron chi connectivity index (χ2n) is 5.45. The van der Waals surface area contributed by atoms with Crippen molar-refractivity contribution in [2.45, 2.75) is 31.5 Å². The number of carbonyl (C=O) groups is 1. The predicted octanol–water partition coefficient (Wildman–Crippen LogP) is 1.59. The van der Waals surface area contributed by atoms with Gasteiger partial charge < -0.3 is 15.3 Å². The van der Waals surface area contributed by atoms with Crippen LogP contribution >= 0.6 is 11.8 Å². The van der Waals surface area contributed by atoms with Crippen molar-refractivity contribution in [1.29, 1.82) is 0 Å². The zero-order valence-corrected chi connectivity index (χ0v) is 12.2. The lowest BCUT2D eigenvalue weighted by Gasteiger charge is -2.30. The molecular weight excluding hydrogens is 272 g/mol. The van der Waals surface area contributed by atoms with Gasteiger partial charge in [-0.1, -0.05) is 12.1 Å². The van der Waals surface area contributed by atoms with E-state index in [0.29, 0.717) is 12.6 Å². The molecule has 2 fully saturated rings. The van der Waals surface area contributed by atoms with E-state index < -0.39 is 0 Å². The highest BCUT2D eigenvalue weighted by atomic mass is 32.2. The van der Waals surface area contributed by atoms with E-state index in [1.54, 1.807) is 12.1 Å². The molecule has 1 aromatic carbocycles. The van der Waals surface area contributed by atoms with Gasteiger partial charge in [0.2, 0.25) is 5.91 Å². The summed E-state index contributed by atoms with van der Waals surface area (Å²) in [6.07, 6.45) is 2.20. The van der Waals surface area contributed by atoms with E-state index in [0.717, 1.165) is 36.5 Å². The minimum Gasteiger partial charge on any atom is -0.508 e. The SMILES string of the molecule is O=C(C1CSCCN1)N(Cc1cccc(O)c1)C1CC1. The molecule has 3 rings (SSSR count). The molecule has 1 amide bonds. The van der Waals surface area contributed by atoms with E-state index in [4.69, 9.17) is 0 Å². The number of nitrogens with one attached hydrogen (secondary N) is 1. The van der Waals surface area contributed by atoms with Crippen LogP contribution in [0, 0.1) is 0 Å². The molecule has 0 spiro atoms. The smallest absolute Gasteiger partial charge is 0.241 e. The molecule has 1 saturated heterocycles. The average Bonchev–Trinajstić information content (AvgIpc) is 3.30. The van der Waals surface area contributed by atoms with Crippen molar-refractivity contribution in [3.05, 3.63) is 29.8 Å². The second-order valence-corrected chi connectivity index (χ2v) is 6.60. The Labute approximate surface area is 123 Å². The normalized spacial score (nSPS) is 22.5. The molecular formula is C15H20N2O2S. The Morgan fingerprint density at radius 2 is 2.30 bits per heavy atom. The Bertz CT molecular complexity index is 485. The van der Waals surface area contributed by atoms with Gasteiger partial charge in [0.05, 0.1) is 6.04 Å². The molecule has 1 aliphatic carbocycles. The van der Waals surface area contributed by atoms with Gasteiger partial charge in [-0.05, 0) is 30.5 Å². The van der Waals surface area contributed by atoms with Crippen LogP contribution in [0.15, 0.2) is 24.3 Å². The van der Waals surface area contributed by atoms with Gasteiger partial charge in [0.1, 0.15) is 5.75 Å². The first-order chi connectivity index (χ1) is 9.74. The number of phenolic OH excluding ortho intramolecular Hbond substituents is 1. The van der Waals surface area contributed by atoms with Crippen molar-refractivity contribution >= 4 is 17.7 Å². The van der Waals surface area contributed by atoms with Crippen LogP contribution in [-0.2, 0) is 11.3 Å². The van der Waals surface area contributed by atoms with Crippen LogP contribution < -0.4 is 5.32 Å². The minimum absolute atomic E-state index is 0.0494. The number of rotatable bonds is 4. The maximum absolute atomic E-state index is 12.7. The average molecular weight is 292 g/mol. The van der Waals surface area contributed by atoms with Gasteiger partial charge in [0, 0.05) is 30.6 Å². The van der Waals surface area contributed by atoms with E-state index >= 15 is 0 Å². The number of hydrogen-bond acceptors (Lipinski definition) is 4. The molecule has 1 unspecified atom stereocenters. The van der Waals surface area contributed by atoms with Gasteiger partial charge in [0.25, 0.3) is 0 Å². The molecule has 1 aliphatic heterocycles. The fraction of sp³-hybridized carbons (Fsp3) is 0.533. The van der Waals surface area contributed by atoms with Crippen LogP contribution in [0.3, 0.4) is 0 Å². The van der Waals surface area contributed by atoms with Crippen molar-refractivity contribution in [2.75, 3.05) is 18.1 Å². The monoisotopic (exact) mass is 292 g/mol. The third-order valence-corrected chi connectivity index (χ3v) is 4.82. The molecule has 5 heteroatoms. The van der Waals surface area contributed by atoms with Gasteiger partial charge in [-0.25, -0.2) is 0 Å². The van der Waals surface area contributed by atoms with E-state index in [-0.39, 0.29) is 17.7 Å². The number of nitrogens with zero attached hydrogens (tertiary/aromatic N) is 1. The fourth-order valence-corrected chi connectivity index (χ4v) is 3.47. The van der Waals surface area contributed by atoms with Crippen LogP contribution in [0.1, 0.15) is 18.4 Å². The van der Waals surface area contributed by atoms with Gasteiger partial charge in [-0.15, -0.1) is 0 Å². The van der Waals surface area contributed by atoms with Crippen LogP contribution in [0.5, 0.6) is 5.75 Å². The van der Waals surface area contributed by atoms with E-state index in [2.05, 4.69) is 5.32 Å². The van der Waals surface area contributed by atoms with E-state index in [9.17, 15) is 9.90 Å². The Hall–Kier alpha value is -1.20. The fourth-order valence-electron chi connectivity index (χ4n) is 2.55. The lowest BCUT2D eigenvalue weighted by molar-refractivity contribution is -0.134. The lowest BCUT2D eigenvalue weighted by Crippen LogP contribution is -2.51. The summed E-state index contributed by atoms with van der Waals surface area (Å²) in [5.41, 5.74) is 0.994. The van der Waals surface area contributed by atoms with Crippen molar-refractivity contribution in [3.63, 3.8) is 0 Å². The molecule has 2 N–H and O–H groups in total. The second kappa shape index (κ2) is 6.06. The topological polar surface area (TPSA) is 52.6 Å². The molecule has 20 heavy (non-hydrogen) atoms. The summed E-state index contributed by atoms with van der Waals surface area (Å²) in [6.45, 7) is 1.51. The molecule has 0 radical (unpaired) electrons. The summed E-state index contributed by atoms with van der Waals surface area (Å²) in [5.74, 6) is 2.42. The number of aromatic hydroxyl groups is 1. The van der Waals surface area contributed by atoms with Gasteiger partial charge in [-0.3, -0.25) is 4.79 Å². The largest absolute Gasteiger partial charge is 0.508 e. The molecule has 0 bridgehead atoms. The molecule has 1 aromatic rings. The third-order valence-electron chi connectivity index (χ3n) is 3.75. The number of thioether (sulfide) groups is 1. The van der Waals surface area contributed by atoms with Gasteiger partial charge in [0.15, 0.2) is 0 Å². The Kier molecular flexibility index (Phi) is 4.17. The quantitative estimate of drug-likeness (QED) is 0.885. The zero-order valence-electron chi connectivity index (χ0n) is 11.4. The number of benzene rings is 1. The maximum atomic E-state index is 12.7. The summed E-state index contributed by atoms with van der Waals surface area (Å²) in [4.78, 5) is 14.6. The third kappa shape index (κ3) is 3.27. The highest BCUT2D eigenvalue weighted by Gasteiger charge is 2.36. The van der Waals surface area contributed by atoms with Gasteiger partial charge in [-0.2, -0.15) is 11.8 Å². The number of phenols is 1. The summed E-state index contributed by atoms with van der Waals surface area (Å²) in [6, 6.07) is 7.53. The van der Waals surface area contributed by atoms with Crippen molar-refractivity contribution < 1.29 is 9.90 Å². The first-order valence-electron chi connectivity index (χ1n) is 7.13. The summed E-state index contributed by atoms with van der Waals surface area (Å²) in [5, 5.41) is 12.9. The predicted molar refractivity (Wildman–Crippen MR) is 80.8 cm³/mol. The highest BCUT2D eigenvalue weighted by Crippen LogP contribution is 2.30. The first-order valence-corrected chi connectivity index (χ1v) is 8.29. The van der Waals surface area contributed by atoms with Crippen LogP contribution in [0.2, 0.25) is 0 Å². The van der Waals surface area contributed by atoms with Crippen LogP contribution in [-0.4, -0.2) is 46.0 Å². The van der Waals surface area contributed by atoms with Crippen molar-refractivity contribution in [2.24, 2.45) is 0 Å². The standard InChI is InChI=1S/C15H20N2O2S/c18-13-3-1-2-11(8-13)9-17(12-4-5-12)15(19)14-10-20-7-6-16-14/h1-3,8,12,14,16,18H,4-7,9-10H2. The molecule has 4 nitrogen and oxygen atoms in total. The van der Waals surface area contributed by atoms with Crippen LogP contribution in [0.4, 0.5) is 0 Å². The minimum atomic E-state index is -0.0494. The lowest BCUT2D eigenvalue weighted by atomic mass is 10.1. The number of hydrogen-bond donors (Lipinski definition) is 2. The molecule has 0 aromatic heterocycles. The summed E-state index contributed by atoms with van der Waals surface area (Å²) < 4.78 is 0. The Morgan fingerprint density at radius 1 is 1.45 bits per heavy atom. The Morgan fingerprint density at radius 3 is 2.95 bits per heavy atom. The molecule has 1 heterocycles. The first kappa shape index (κ1) is 13.8. The van der Waals surface area contributed by atoms with E-state index in [1.165, 1.54) is 0 Å². The van der Waals surface area contributed by atoms with Crippen molar-refractivity contribution in [3.8, 4) is 5.75 Å². The number of amides is 1. The summed E-state index contributed by atoms with van der Waals surface area (Å²) in [7, 11) is 0. The highest BCUT2D eigenvalue weighted by molar-refractivity contribution is 7.99. The van der Waals surface area contributed by atoms with Crippen molar-refractivity contribution in [1.82, 2.24) is 10.2 Å². The molecule has 2 aliphatic rings. The van der Waals surface area contributed by atoms with E-state index in [1.807, 2.05) is 28.8 Å². The molecule has 1 atom stereocenters. The van der Waals surface area contributed by atoms with Crippen LogP contribution in [0.25, 0.3) is 0 Å².